The van der Waals surface area contributed by atoms with Gasteiger partial charge in [-0.2, -0.15) is 0 Å². The number of carbonyl (C=O) groups is 2. The van der Waals surface area contributed by atoms with Crippen LogP contribution in [-0.2, 0) is 20.9 Å². The summed E-state index contributed by atoms with van der Waals surface area (Å²) in [6.45, 7) is 1.32. The van der Waals surface area contributed by atoms with Gasteiger partial charge in [0.05, 0.1) is 0 Å². The van der Waals surface area contributed by atoms with Crippen LogP contribution in [0, 0.1) is 17.8 Å². The summed E-state index contributed by atoms with van der Waals surface area (Å²) in [5, 5.41) is 0. The van der Waals surface area contributed by atoms with Crippen LogP contribution in [0.15, 0.2) is 18.2 Å². The topological polar surface area (TPSA) is 65.1 Å². The lowest BCUT2D eigenvalue weighted by Gasteiger charge is -2.22. The molecule has 6 heteroatoms. The van der Waals surface area contributed by atoms with Gasteiger partial charge in [0.25, 0.3) is 5.91 Å². The molecule has 1 aliphatic heterocycles. The maximum atomic E-state index is 12.3. The second-order valence-electron chi connectivity index (χ2n) is 8.03. The molecule has 0 unspecified atom stereocenters. The van der Waals surface area contributed by atoms with E-state index in [9.17, 15) is 9.59 Å². The molecule has 146 valence electrons. The van der Waals surface area contributed by atoms with Gasteiger partial charge in [0.1, 0.15) is 13.2 Å². The van der Waals surface area contributed by atoms with Gasteiger partial charge in [0.2, 0.25) is 0 Å². The summed E-state index contributed by atoms with van der Waals surface area (Å²) in [6.07, 6.45) is 5.45. The van der Waals surface area contributed by atoms with E-state index in [0.29, 0.717) is 43.8 Å². The lowest BCUT2D eigenvalue weighted by molar-refractivity contribution is -0.152. The van der Waals surface area contributed by atoms with Crippen molar-refractivity contribution < 1.29 is 23.8 Å². The number of nitrogens with zero attached hydrogens (tertiary/aromatic N) is 1. The van der Waals surface area contributed by atoms with Gasteiger partial charge in [0, 0.05) is 20.0 Å². The van der Waals surface area contributed by atoms with Crippen LogP contribution in [0.2, 0.25) is 0 Å². The molecule has 2 fully saturated rings. The van der Waals surface area contributed by atoms with Crippen molar-refractivity contribution in [1.82, 2.24) is 4.90 Å². The maximum Gasteiger partial charge on any atom is 0.306 e. The molecule has 1 heterocycles. The zero-order valence-corrected chi connectivity index (χ0v) is 15.8. The van der Waals surface area contributed by atoms with Gasteiger partial charge in [-0.1, -0.05) is 12.5 Å². The van der Waals surface area contributed by atoms with E-state index < -0.39 is 0 Å². The van der Waals surface area contributed by atoms with Gasteiger partial charge < -0.3 is 19.1 Å². The first-order chi connectivity index (χ1) is 13.1. The Balaban J connectivity index is 1.22. The van der Waals surface area contributed by atoms with E-state index in [1.165, 1.54) is 19.3 Å². The fraction of sp³-hybridized carbons (Fsp3) is 0.619. The van der Waals surface area contributed by atoms with Crippen molar-refractivity contribution in [3.8, 4) is 11.5 Å². The second-order valence-corrected chi connectivity index (χ2v) is 8.03. The number of amides is 1. The van der Waals surface area contributed by atoms with Gasteiger partial charge in [-0.05, 0) is 54.7 Å². The molecule has 1 aromatic carbocycles. The Morgan fingerprint density at radius 1 is 1.15 bits per heavy atom. The van der Waals surface area contributed by atoms with Crippen molar-refractivity contribution in [1.29, 1.82) is 0 Å². The van der Waals surface area contributed by atoms with Crippen molar-refractivity contribution in [3.05, 3.63) is 23.8 Å². The minimum absolute atomic E-state index is 0.194. The van der Waals surface area contributed by atoms with Gasteiger partial charge in [-0.25, -0.2) is 0 Å². The minimum atomic E-state index is -0.242. The number of fused-ring (bicyclic) bond motifs is 3. The molecule has 0 radical (unpaired) electrons. The molecule has 2 saturated carbocycles. The van der Waals surface area contributed by atoms with Crippen molar-refractivity contribution >= 4 is 11.9 Å². The van der Waals surface area contributed by atoms with Crippen LogP contribution < -0.4 is 9.47 Å². The minimum Gasteiger partial charge on any atom is -0.486 e. The summed E-state index contributed by atoms with van der Waals surface area (Å²) < 4.78 is 16.3. The van der Waals surface area contributed by atoms with E-state index in [2.05, 4.69) is 0 Å². The van der Waals surface area contributed by atoms with E-state index in [0.717, 1.165) is 23.7 Å². The first-order valence-corrected chi connectivity index (χ1v) is 9.86. The Hall–Kier alpha value is -2.24. The number of likely N-dealkylation sites (N-methyl/N-ethyl adjacent to an activating group) is 1. The Kier molecular flexibility index (Phi) is 5.23. The standard InChI is InChI=1S/C21H27NO5/c1-22(12-15-3-5-18-19(10-15)26-7-6-25-18)20(23)13-27-21(24)11-17-9-14-2-4-16(17)8-14/h3,5,10,14,16-17H,2,4,6-9,11-13H2,1H3/t14-,16-,17-/m1/s1. The Bertz CT molecular complexity index is 719. The van der Waals surface area contributed by atoms with Crippen molar-refractivity contribution in [2.75, 3.05) is 26.9 Å². The smallest absolute Gasteiger partial charge is 0.306 e. The average Bonchev–Trinajstić information content (AvgIpc) is 3.29. The Labute approximate surface area is 159 Å². The number of hydrogen-bond acceptors (Lipinski definition) is 5. The summed E-state index contributed by atoms with van der Waals surface area (Å²) in [7, 11) is 1.71. The highest BCUT2D eigenvalue weighted by Crippen LogP contribution is 2.49. The number of benzene rings is 1. The molecule has 1 aromatic rings. The van der Waals surface area contributed by atoms with Crippen LogP contribution >= 0.6 is 0 Å². The second kappa shape index (κ2) is 7.79. The average molecular weight is 373 g/mol. The number of esters is 1. The summed E-state index contributed by atoms with van der Waals surface area (Å²) in [5.41, 5.74) is 0.948. The zero-order chi connectivity index (χ0) is 18.8. The highest BCUT2D eigenvalue weighted by atomic mass is 16.6. The van der Waals surface area contributed by atoms with Crippen molar-refractivity contribution in [2.24, 2.45) is 17.8 Å². The molecule has 0 N–H and O–H groups in total. The van der Waals surface area contributed by atoms with Crippen LogP contribution in [0.5, 0.6) is 11.5 Å². The molecule has 6 nitrogen and oxygen atoms in total. The summed E-state index contributed by atoms with van der Waals surface area (Å²) in [6, 6.07) is 5.66. The van der Waals surface area contributed by atoms with Gasteiger partial charge in [-0.15, -0.1) is 0 Å². The number of hydrogen-bond donors (Lipinski definition) is 0. The molecule has 2 bridgehead atoms. The summed E-state index contributed by atoms with van der Waals surface area (Å²) in [5.74, 6) is 2.95. The Morgan fingerprint density at radius 2 is 1.96 bits per heavy atom. The zero-order valence-electron chi connectivity index (χ0n) is 15.8. The van der Waals surface area contributed by atoms with E-state index >= 15 is 0 Å². The fourth-order valence-corrected chi connectivity index (χ4v) is 4.70. The molecule has 1 amide bonds. The highest BCUT2D eigenvalue weighted by Gasteiger charge is 2.40. The first-order valence-electron chi connectivity index (χ1n) is 9.86. The largest absolute Gasteiger partial charge is 0.486 e. The molecular formula is C21H27NO5. The normalized spacial score (nSPS) is 25.3. The third-order valence-electron chi connectivity index (χ3n) is 6.12. The molecule has 0 spiro atoms. The third kappa shape index (κ3) is 4.20. The van der Waals surface area contributed by atoms with Gasteiger partial charge in [0.15, 0.2) is 18.1 Å². The number of ether oxygens (including phenoxy) is 3. The quantitative estimate of drug-likeness (QED) is 0.718. The number of rotatable bonds is 6. The predicted molar refractivity (Wildman–Crippen MR) is 98.4 cm³/mol. The van der Waals surface area contributed by atoms with Crippen LogP contribution in [0.1, 0.15) is 37.7 Å². The monoisotopic (exact) mass is 373 g/mol. The molecule has 3 atom stereocenters. The van der Waals surface area contributed by atoms with Crippen molar-refractivity contribution in [2.45, 2.75) is 38.6 Å². The van der Waals surface area contributed by atoms with E-state index in [4.69, 9.17) is 14.2 Å². The van der Waals surface area contributed by atoms with E-state index in [1.807, 2.05) is 18.2 Å². The first kappa shape index (κ1) is 18.1. The molecule has 27 heavy (non-hydrogen) atoms. The van der Waals surface area contributed by atoms with Crippen molar-refractivity contribution in [3.63, 3.8) is 0 Å². The molecule has 2 aliphatic carbocycles. The van der Waals surface area contributed by atoms with Crippen LogP contribution in [0.25, 0.3) is 0 Å². The van der Waals surface area contributed by atoms with Crippen LogP contribution in [0.3, 0.4) is 0 Å². The third-order valence-corrected chi connectivity index (χ3v) is 6.12. The van der Waals surface area contributed by atoms with Crippen LogP contribution in [-0.4, -0.2) is 43.6 Å². The highest BCUT2D eigenvalue weighted by molar-refractivity contribution is 5.80. The SMILES string of the molecule is CN(Cc1ccc2c(c1)OCCO2)C(=O)COC(=O)C[C@H]1C[C@@H]2CC[C@@H]1C2. The molecular weight excluding hydrogens is 346 g/mol. The van der Waals surface area contributed by atoms with E-state index in [-0.39, 0.29) is 18.5 Å². The Morgan fingerprint density at radius 3 is 2.70 bits per heavy atom. The van der Waals surface area contributed by atoms with Gasteiger partial charge in [-0.3, -0.25) is 9.59 Å². The lowest BCUT2D eigenvalue weighted by atomic mass is 9.86. The van der Waals surface area contributed by atoms with E-state index in [1.54, 1.807) is 11.9 Å². The summed E-state index contributed by atoms with van der Waals surface area (Å²) in [4.78, 5) is 26.0. The number of carbonyl (C=O) groups excluding carboxylic acids is 2. The molecule has 0 aromatic heterocycles. The molecule has 3 aliphatic rings. The summed E-state index contributed by atoms with van der Waals surface area (Å²) >= 11 is 0. The molecule has 0 saturated heterocycles. The fourth-order valence-electron chi connectivity index (χ4n) is 4.70. The molecule has 4 rings (SSSR count). The lowest BCUT2D eigenvalue weighted by Crippen LogP contribution is -2.31. The van der Waals surface area contributed by atoms with Crippen LogP contribution in [0.4, 0.5) is 0 Å². The maximum absolute atomic E-state index is 12.3. The van der Waals surface area contributed by atoms with Gasteiger partial charge >= 0.3 is 5.97 Å². The predicted octanol–water partition coefficient (Wildman–Crippen LogP) is 2.79.